The zero-order valence-electron chi connectivity index (χ0n) is 9.75. The van der Waals surface area contributed by atoms with E-state index >= 15 is 0 Å². The Hall–Kier alpha value is -1.42. The molecule has 0 aliphatic rings. The molecule has 0 spiro atoms. The highest BCUT2D eigenvalue weighted by molar-refractivity contribution is 5.81. The second-order valence-corrected chi connectivity index (χ2v) is 3.80. The SMILES string of the molecule is CNC(C)C(=O)N[C@H](C)c1cccc(F)c1. The lowest BCUT2D eigenvalue weighted by atomic mass is 10.1. The van der Waals surface area contributed by atoms with E-state index in [0.29, 0.717) is 0 Å². The normalized spacial score (nSPS) is 14.2. The number of rotatable bonds is 4. The predicted molar refractivity (Wildman–Crippen MR) is 61.5 cm³/mol. The Morgan fingerprint density at radius 1 is 1.38 bits per heavy atom. The summed E-state index contributed by atoms with van der Waals surface area (Å²) in [7, 11) is 1.72. The molecule has 88 valence electrons. The Bertz CT molecular complexity index is 368. The summed E-state index contributed by atoms with van der Waals surface area (Å²) in [6, 6.07) is 5.78. The first-order valence-corrected chi connectivity index (χ1v) is 5.27. The monoisotopic (exact) mass is 224 g/mol. The first kappa shape index (κ1) is 12.6. The highest BCUT2D eigenvalue weighted by atomic mass is 19.1. The number of halogens is 1. The topological polar surface area (TPSA) is 41.1 Å². The van der Waals surface area contributed by atoms with Crippen LogP contribution in [-0.4, -0.2) is 19.0 Å². The molecule has 2 atom stereocenters. The van der Waals surface area contributed by atoms with Crippen LogP contribution < -0.4 is 10.6 Å². The molecular weight excluding hydrogens is 207 g/mol. The third-order valence-corrected chi connectivity index (χ3v) is 2.53. The zero-order chi connectivity index (χ0) is 12.1. The Labute approximate surface area is 95.0 Å². The number of carbonyl (C=O) groups is 1. The fraction of sp³-hybridized carbons (Fsp3) is 0.417. The van der Waals surface area contributed by atoms with Crippen LogP contribution in [0.15, 0.2) is 24.3 Å². The lowest BCUT2D eigenvalue weighted by molar-refractivity contribution is -0.123. The summed E-state index contributed by atoms with van der Waals surface area (Å²) in [6.45, 7) is 3.60. The number of hydrogen-bond donors (Lipinski definition) is 2. The van der Waals surface area contributed by atoms with Gasteiger partial charge in [0.25, 0.3) is 0 Å². The first-order valence-electron chi connectivity index (χ1n) is 5.27. The van der Waals surface area contributed by atoms with E-state index in [2.05, 4.69) is 10.6 Å². The van der Waals surface area contributed by atoms with Gasteiger partial charge in [0.15, 0.2) is 0 Å². The fourth-order valence-electron chi connectivity index (χ4n) is 1.33. The van der Waals surface area contributed by atoms with Crippen molar-refractivity contribution in [2.24, 2.45) is 0 Å². The number of hydrogen-bond acceptors (Lipinski definition) is 2. The smallest absolute Gasteiger partial charge is 0.237 e. The molecule has 0 heterocycles. The van der Waals surface area contributed by atoms with Crippen LogP contribution in [0.25, 0.3) is 0 Å². The van der Waals surface area contributed by atoms with Crippen molar-refractivity contribution in [3.8, 4) is 0 Å². The molecule has 0 saturated heterocycles. The molecule has 16 heavy (non-hydrogen) atoms. The second-order valence-electron chi connectivity index (χ2n) is 3.80. The van der Waals surface area contributed by atoms with Gasteiger partial charge in [-0.05, 0) is 38.6 Å². The third-order valence-electron chi connectivity index (χ3n) is 2.53. The summed E-state index contributed by atoms with van der Waals surface area (Å²) in [5, 5.41) is 5.65. The van der Waals surface area contributed by atoms with Crippen LogP contribution in [-0.2, 0) is 4.79 Å². The van der Waals surface area contributed by atoms with Gasteiger partial charge in [0, 0.05) is 0 Å². The Balaban J connectivity index is 2.65. The van der Waals surface area contributed by atoms with E-state index in [0.717, 1.165) is 5.56 Å². The Morgan fingerprint density at radius 3 is 2.62 bits per heavy atom. The maximum atomic E-state index is 13.0. The molecular formula is C12H17FN2O. The van der Waals surface area contributed by atoms with E-state index in [1.807, 2.05) is 6.92 Å². The molecule has 1 unspecified atom stereocenters. The number of nitrogens with one attached hydrogen (secondary N) is 2. The van der Waals surface area contributed by atoms with Crippen LogP contribution in [0.1, 0.15) is 25.5 Å². The summed E-state index contributed by atoms with van der Waals surface area (Å²) in [4.78, 5) is 11.6. The third kappa shape index (κ3) is 3.31. The molecule has 4 heteroatoms. The molecule has 0 saturated carbocycles. The summed E-state index contributed by atoms with van der Waals surface area (Å²) >= 11 is 0. The predicted octanol–water partition coefficient (Wildman–Crippen LogP) is 1.61. The molecule has 1 aromatic carbocycles. The zero-order valence-corrected chi connectivity index (χ0v) is 9.75. The fourth-order valence-corrected chi connectivity index (χ4v) is 1.33. The van der Waals surface area contributed by atoms with Gasteiger partial charge in [-0.3, -0.25) is 4.79 Å². The van der Waals surface area contributed by atoms with E-state index in [4.69, 9.17) is 0 Å². The van der Waals surface area contributed by atoms with Crippen molar-refractivity contribution in [2.75, 3.05) is 7.05 Å². The molecule has 1 rings (SSSR count). The summed E-state index contributed by atoms with van der Waals surface area (Å²) in [6.07, 6.45) is 0. The standard InChI is InChI=1S/C12H17FN2O/c1-8(15-12(16)9(2)14-3)10-5-4-6-11(13)7-10/h4-9,14H,1-3H3,(H,15,16)/t8-,9?/m1/s1. The van der Waals surface area contributed by atoms with Crippen LogP contribution in [0.3, 0.4) is 0 Å². The van der Waals surface area contributed by atoms with Gasteiger partial charge in [0.05, 0.1) is 12.1 Å². The van der Waals surface area contributed by atoms with Gasteiger partial charge in [0.2, 0.25) is 5.91 Å². The second kappa shape index (κ2) is 5.61. The molecule has 2 N–H and O–H groups in total. The molecule has 3 nitrogen and oxygen atoms in total. The number of benzene rings is 1. The van der Waals surface area contributed by atoms with Crippen LogP contribution >= 0.6 is 0 Å². The van der Waals surface area contributed by atoms with E-state index in [9.17, 15) is 9.18 Å². The lowest BCUT2D eigenvalue weighted by Gasteiger charge is -2.17. The van der Waals surface area contributed by atoms with Gasteiger partial charge in [-0.25, -0.2) is 4.39 Å². The van der Waals surface area contributed by atoms with E-state index in [1.165, 1.54) is 12.1 Å². The lowest BCUT2D eigenvalue weighted by Crippen LogP contribution is -2.41. The summed E-state index contributed by atoms with van der Waals surface area (Å²) in [5.41, 5.74) is 0.761. The van der Waals surface area contributed by atoms with Gasteiger partial charge in [-0.1, -0.05) is 12.1 Å². The van der Waals surface area contributed by atoms with Crippen molar-refractivity contribution >= 4 is 5.91 Å². The largest absolute Gasteiger partial charge is 0.348 e. The average Bonchev–Trinajstić information content (AvgIpc) is 2.27. The molecule has 0 bridgehead atoms. The Kier molecular flexibility index (Phi) is 4.43. The molecule has 1 aromatic rings. The van der Waals surface area contributed by atoms with Crippen LogP contribution in [0.2, 0.25) is 0 Å². The van der Waals surface area contributed by atoms with E-state index in [-0.39, 0.29) is 23.8 Å². The minimum atomic E-state index is -0.291. The Morgan fingerprint density at radius 2 is 2.06 bits per heavy atom. The van der Waals surface area contributed by atoms with Crippen molar-refractivity contribution in [2.45, 2.75) is 25.9 Å². The van der Waals surface area contributed by atoms with E-state index in [1.54, 1.807) is 26.1 Å². The van der Waals surface area contributed by atoms with Gasteiger partial charge in [0.1, 0.15) is 5.82 Å². The maximum absolute atomic E-state index is 13.0. The number of likely N-dealkylation sites (N-methyl/N-ethyl adjacent to an activating group) is 1. The highest BCUT2D eigenvalue weighted by Gasteiger charge is 2.14. The van der Waals surface area contributed by atoms with Crippen molar-refractivity contribution in [1.82, 2.24) is 10.6 Å². The van der Waals surface area contributed by atoms with Crippen molar-refractivity contribution < 1.29 is 9.18 Å². The highest BCUT2D eigenvalue weighted by Crippen LogP contribution is 2.13. The average molecular weight is 224 g/mol. The van der Waals surface area contributed by atoms with Gasteiger partial charge in [-0.2, -0.15) is 0 Å². The summed E-state index contributed by atoms with van der Waals surface area (Å²) < 4.78 is 13.0. The minimum absolute atomic E-state index is 0.0979. The van der Waals surface area contributed by atoms with Crippen molar-refractivity contribution in [3.05, 3.63) is 35.6 Å². The molecule has 0 aromatic heterocycles. The first-order chi connectivity index (χ1) is 7.54. The van der Waals surface area contributed by atoms with Crippen molar-refractivity contribution in [1.29, 1.82) is 0 Å². The van der Waals surface area contributed by atoms with Crippen LogP contribution in [0.4, 0.5) is 4.39 Å². The van der Waals surface area contributed by atoms with Crippen LogP contribution in [0.5, 0.6) is 0 Å². The minimum Gasteiger partial charge on any atom is -0.348 e. The van der Waals surface area contributed by atoms with Crippen LogP contribution in [0, 0.1) is 5.82 Å². The quantitative estimate of drug-likeness (QED) is 0.815. The molecule has 0 radical (unpaired) electrons. The molecule has 0 fully saturated rings. The van der Waals surface area contributed by atoms with Gasteiger partial charge < -0.3 is 10.6 Å². The molecule has 1 amide bonds. The molecule has 0 aliphatic heterocycles. The molecule has 0 aliphatic carbocycles. The van der Waals surface area contributed by atoms with Gasteiger partial charge >= 0.3 is 0 Å². The number of carbonyl (C=O) groups excluding carboxylic acids is 1. The summed E-state index contributed by atoms with van der Waals surface area (Å²) in [5.74, 6) is -0.389. The maximum Gasteiger partial charge on any atom is 0.237 e. The van der Waals surface area contributed by atoms with Crippen molar-refractivity contribution in [3.63, 3.8) is 0 Å². The number of amides is 1. The van der Waals surface area contributed by atoms with E-state index < -0.39 is 0 Å². The van der Waals surface area contributed by atoms with Gasteiger partial charge in [-0.15, -0.1) is 0 Å².